The number of para-hydroxylation sites is 1. The Kier molecular flexibility index (Phi) is 3.25. The number of hydrogen-bond donors (Lipinski definition) is 2. The fourth-order valence-corrected chi connectivity index (χ4v) is 3.38. The van der Waals surface area contributed by atoms with Crippen molar-refractivity contribution in [3.05, 3.63) is 47.9 Å². The summed E-state index contributed by atoms with van der Waals surface area (Å²) in [5.74, 6) is -0.728. The summed E-state index contributed by atoms with van der Waals surface area (Å²) in [7, 11) is 3.76. The number of fused-ring (bicyclic) bond motifs is 3. The Bertz CT molecular complexity index is 1130. The molecule has 1 amide bonds. The van der Waals surface area contributed by atoms with Crippen molar-refractivity contribution in [1.82, 2.24) is 25.3 Å². The van der Waals surface area contributed by atoms with Crippen molar-refractivity contribution >= 4 is 23.0 Å². The van der Waals surface area contributed by atoms with Gasteiger partial charge in [-0.1, -0.05) is 12.1 Å². The second kappa shape index (κ2) is 6.39. The van der Waals surface area contributed by atoms with E-state index in [9.17, 15) is 4.79 Å². The molecule has 3 heterocycles. The number of amides is 1. The first-order chi connectivity index (χ1) is 14.2. The van der Waals surface area contributed by atoms with E-state index >= 15 is 0 Å². The van der Waals surface area contributed by atoms with E-state index in [1.54, 1.807) is 17.9 Å². The van der Waals surface area contributed by atoms with Gasteiger partial charge >= 0.3 is 0 Å². The van der Waals surface area contributed by atoms with E-state index in [2.05, 4.69) is 32.3 Å². The third-order valence-corrected chi connectivity index (χ3v) is 4.81. The molecule has 1 aromatic carbocycles. The van der Waals surface area contributed by atoms with Crippen molar-refractivity contribution in [2.24, 2.45) is 7.05 Å². The number of carbonyl (C=O) groups is 1. The minimum absolute atomic E-state index is 0.0000750. The summed E-state index contributed by atoms with van der Waals surface area (Å²) in [6.07, 6.45) is 2.88. The zero-order chi connectivity index (χ0) is 21.6. The molecule has 4 rings (SSSR count). The molecule has 1 aliphatic rings. The van der Waals surface area contributed by atoms with Crippen LogP contribution >= 0.6 is 0 Å². The molecule has 0 bridgehead atoms. The van der Waals surface area contributed by atoms with E-state index in [1.165, 1.54) is 12.4 Å². The van der Waals surface area contributed by atoms with Gasteiger partial charge in [0.1, 0.15) is 11.4 Å². The lowest BCUT2D eigenvalue weighted by Gasteiger charge is -2.34. The Balaban J connectivity index is 1.77. The SMILES string of the molecule is [2H]C([2H])([2H])NC(=O)c1cnccc1Nc1cccc2c1N(C)C(C)c1nn(C)nc1-2. The molecule has 27 heavy (non-hydrogen) atoms. The zero-order valence-corrected chi connectivity index (χ0v) is 15.2. The molecule has 8 heteroatoms. The van der Waals surface area contributed by atoms with Crippen molar-refractivity contribution in [3.8, 4) is 11.3 Å². The Morgan fingerprint density at radius 2 is 2.07 bits per heavy atom. The number of carbonyl (C=O) groups excluding carboxylic acids is 1. The zero-order valence-electron chi connectivity index (χ0n) is 18.2. The van der Waals surface area contributed by atoms with Gasteiger partial charge in [0, 0.05) is 43.1 Å². The van der Waals surface area contributed by atoms with Crippen LogP contribution in [0.5, 0.6) is 0 Å². The van der Waals surface area contributed by atoms with Crippen LogP contribution in [0, 0.1) is 0 Å². The van der Waals surface area contributed by atoms with Crippen molar-refractivity contribution in [1.29, 1.82) is 0 Å². The lowest BCUT2D eigenvalue weighted by molar-refractivity contribution is 0.0963. The monoisotopic (exact) mass is 366 g/mol. The molecule has 0 radical (unpaired) electrons. The number of benzene rings is 1. The van der Waals surface area contributed by atoms with Crippen LogP contribution in [0.25, 0.3) is 11.3 Å². The minimum Gasteiger partial charge on any atom is -0.364 e. The lowest BCUT2D eigenvalue weighted by Crippen LogP contribution is -2.27. The van der Waals surface area contributed by atoms with E-state index in [-0.39, 0.29) is 11.6 Å². The van der Waals surface area contributed by atoms with Gasteiger partial charge in [0.15, 0.2) is 0 Å². The summed E-state index contributed by atoms with van der Waals surface area (Å²) in [6, 6.07) is 7.40. The highest BCUT2D eigenvalue weighted by Gasteiger charge is 2.31. The quantitative estimate of drug-likeness (QED) is 0.740. The standard InChI is InChI=1S/C19H21N7O/c1-11-16-17(24-26(4)23-16)12-6-5-7-15(18(12)25(11)3)22-14-8-9-21-10-13(14)19(27)20-2/h5-11H,1-4H3,(H,20,27)(H,21,22)/i2D3. The molecule has 8 nitrogen and oxygen atoms in total. The Labute approximate surface area is 161 Å². The maximum absolute atomic E-state index is 12.5. The van der Waals surface area contributed by atoms with Gasteiger partial charge in [-0.05, 0) is 19.1 Å². The average molecular weight is 366 g/mol. The van der Waals surface area contributed by atoms with Crippen LogP contribution < -0.4 is 15.5 Å². The number of anilines is 3. The van der Waals surface area contributed by atoms with Crippen LogP contribution in [0.15, 0.2) is 36.7 Å². The second-order valence-electron chi connectivity index (χ2n) is 6.41. The van der Waals surface area contributed by atoms with E-state index < -0.39 is 12.9 Å². The summed E-state index contributed by atoms with van der Waals surface area (Å²) in [5, 5.41) is 14.3. The minimum atomic E-state index is -2.59. The first-order valence-corrected chi connectivity index (χ1v) is 8.46. The third kappa shape index (κ3) is 2.69. The molecule has 0 aliphatic carbocycles. The van der Waals surface area contributed by atoms with Crippen molar-refractivity contribution in [2.45, 2.75) is 13.0 Å². The summed E-state index contributed by atoms with van der Waals surface area (Å²) in [6.45, 7) is -0.539. The van der Waals surface area contributed by atoms with E-state index in [4.69, 9.17) is 4.11 Å². The molecular formula is C19H21N7O. The number of nitrogens with one attached hydrogen (secondary N) is 2. The summed E-state index contributed by atoms with van der Waals surface area (Å²) in [4.78, 5) is 20.1. The molecule has 2 aromatic heterocycles. The first kappa shape index (κ1) is 13.7. The van der Waals surface area contributed by atoms with E-state index in [0.29, 0.717) is 5.69 Å². The largest absolute Gasteiger partial charge is 0.364 e. The highest BCUT2D eigenvalue weighted by molar-refractivity contribution is 6.01. The van der Waals surface area contributed by atoms with Crippen LogP contribution in [0.2, 0.25) is 0 Å². The lowest BCUT2D eigenvalue weighted by atomic mass is 9.96. The molecular weight excluding hydrogens is 342 g/mol. The Hall–Kier alpha value is -3.42. The highest BCUT2D eigenvalue weighted by atomic mass is 16.1. The number of rotatable bonds is 3. The van der Waals surface area contributed by atoms with Crippen molar-refractivity contribution in [3.63, 3.8) is 0 Å². The number of hydrogen-bond acceptors (Lipinski definition) is 6. The molecule has 138 valence electrons. The average Bonchev–Trinajstić information content (AvgIpc) is 3.07. The summed E-state index contributed by atoms with van der Waals surface area (Å²) >= 11 is 0. The first-order valence-electron chi connectivity index (χ1n) is 9.96. The van der Waals surface area contributed by atoms with Crippen LogP contribution in [0.3, 0.4) is 0 Å². The Morgan fingerprint density at radius 3 is 2.89 bits per heavy atom. The number of aromatic nitrogens is 4. The normalized spacial score (nSPS) is 17.2. The van der Waals surface area contributed by atoms with Crippen molar-refractivity contribution < 1.29 is 8.91 Å². The van der Waals surface area contributed by atoms with Gasteiger partial charge in [0.25, 0.3) is 5.91 Å². The summed E-state index contributed by atoms with van der Waals surface area (Å²) in [5.41, 5.74) is 4.89. The topological polar surface area (TPSA) is 88.0 Å². The van der Waals surface area contributed by atoms with Gasteiger partial charge < -0.3 is 15.5 Å². The molecule has 1 atom stereocenters. The van der Waals surface area contributed by atoms with Gasteiger partial charge in [-0.2, -0.15) is 15.0 Å². The molecule has 2 N–H and O–H groups in total. The fourth-order valence-electron chi connectivity index (χ4n) is 3.38. The highest BCUT2D eigenvalue weighted by Crippen LogP contribution is 2.46. The van der Waals surface area contributed by atoms with Crippen LogP contribution in [0.1, 0.15) is 33.1 Å². The fraction of sp³-hybridized carbons (Fsp3) is 0.263. The smallest absolute Gasteiger partial charge is 0.254 e. The molecule has 0 saturated carbocycles. The molecule has 0 saturated heterocycles. The van der Waals surface area contributed by atoms with Crippen LogP contribution in [0.4, 0.5) is 17.1 Å². The van der Waals surface area contributed by atoms with Gasteiger partial charge in [-0.25, -0.2) is 0 Å². The summed E-state index contributed by atoms with van der Waals surface area (Å²) < 4.78 is 21.9. The van der Waals surface area contributed by atoms with Crippen LogP contribution in [-0.4, -0.2) is 39.9 Å². The predicted molar refractivity (Wildman–Crippen MR) is 104 cm³/mol. The Morgan fingerprint density at radius 1 is 1.22 bits per heavy atom. The van der Waals surface area contributed by atoms with Gasteiger partial charge in [0.2, 0.25) is 0 Å². The number of pyridine rings is 1. The van der Waals surface area contributed by atoms with E-state index in [0.717, 1.165) is 28.3 Å². The van der Waals surface area contributed by atoms with Gasteiger partial charge in [0.05, 0.1) is 28.7 Å². The maximum Gasteiger partial charge on any atom is 0.254 e. The second-order valence-corrected chi connectivity index (χ2v) is 6.41. The molecule has 0 fully saturated rings. The van der Waals surface area contributed by atoms with Gasteiger partial charge in [-0.3, -0.25) is 9.78 Å². The maximum atomic E-state index is 12.5. The van der Waals surface area contributed by atoms with Crippen molar-refractivity contribution in [2.75, 3.05) is 24.2 Å². The number of aryl methyl sites for hydroxylation is 1. The molecule has 1 aliphatic heterocycles. The van der Waals surface area contributed by atoms with E-state index in [1.807, 2.05) is 30.6 Å². The number of nitrogens with zero attached hydrogens (tertiary/aromatic N) is 5. The van der Waals surface area contributed by atoms with Crippen LogP contribution in [-0.2, 0) is 7.05 Å². The molecule has 0 spiro atoms. The predicted octanol–water partition coefficient (Wildman–Crippen LogP) is 2.49. The van der Waals surface area contributed by atoms with Gasteiger partial charge in [-0.15, -0.1) is 0 Å². The molecule has 1 unspecified atom stereocenters. The third-order valence-electron chi connectivity index (χ3n) is 4.81. The molecule has 3 aromatic rings.